The van der Waals surface area contributed by atoms with E-state index in [9.17, 15) is 9.59 Å². The Balaban J connectivity index is 1.28. The van der Waals surface area contributed by atoms with E-state index in [0.717, 1.165) is 48.4 Å². The lowest BCUT2D eigenvalue weighted by Crippen LogP contribution is -2.47. The molecule has 3 heterocycles. The fourth-order valence-electron chi connectivity index (χ4n) is 4.64. The second kappa shape index (κ2) is 8.67. The molecule has 1 aromatic heterocycles. The summed E-state index contributed by atoms with van der Waals surface area (Å²) in [6, 6.07) is 17.5. The van der Waals surface area contributed by atoms with Gasteiger partial charge in [0.25, 0.3) is 0 Å². The van der Waals surface area contributed by atoms with E-state index in [1.165, 1.54) is 4.70 Å². The van der Waals surface area contributed by atoms with Gasteiger partial charge in [-0.2, -0.15) is 0 Å². The fraction of sp³-hybridized carbons (Fsp3) is 0.375. The number of carbonyl (C=O) groups is 2. The van der Waals surface area contributed by atoms with Crippen LogP contribution in [0.25, 0.3) is 10.2 Å². The second-order valence-electron chi connectivity index (χ2n) is 8.29. The molecule has 0 radical (unpaired) electrons. The Morgan fingerprint density at radius 1 is 0.968 bits per heavy atom. The van der Waals surface area contributed by atoms with E-state index < -0.39 is 0 Å². The molecular weight excluding hydrogens is 408 g/mol. The summed E-state index contributed by atoms with van der Waals surface area (Å²) >= 11 is 1.69. The van der Waals surface area contributed by atoms with Crippen molar-refractivity contribution >= 4 is 39.2 Å². The first-order chi connectivity index (χ1) is 15.2. The van der Waals surface area contributed by atoms with Gasteiger partial charge in [-0.1, -0.05) is 30.3 Å². The zero-order chi connectivity index (χ0) is 21.2. The molecule has 2 aliphatic heterocycles. The van der Waals surface area contributed by atoms with Gasteiger partial charge in [-0.05, 0) is 49.9 Å². The molecule has 7 heteroatoms. The molecule has 5 rings (SSSR count). The highest BCUT2D eigenvalue weighted by atomic mass is 32.1. The molecule has 2 saturated heterocycles. The number of nitrogens with zero attached hydrogens (tertiary/aromatic N) is 3. The van der Waals surface area contributed by atoms with Gasteiger partial charge in [0.15, 0.2) is 0 Å². The van der Waals surface area contributed by atoms with Crippen molar-refractivity contribution in [3.8, 4) is 0 Å². The van der Waals surface area contributed by atoms with Gasteiger partial charge in [-0.25, -0.2) is 9.78 Å². The first-order valence-electron chi connectivity index (χ1n) is 11.0. The third-order valence-electron chi connectivity index (χ3n) is 6.21. The number of piperidine rings is 1. The van der Waals surface area contributed by atoms with Crippen molar-refractivity contribution in [1.82, 2.24) is 14.8 Å². The summed E-state index contributed by atoms with van der Waals surface area (Å²) in [6.07, 6.45) is 3.63. The lowest BCUT2D eigenvalue weighted by molar-refractivity contribution is -0.137. The molecule has 2 aliphatic rings. The number of hydrogen-bond acceptors (Lipinski definition) is 4. The predicted molar refractivity (Wildman–Crippen MR) is 123 cm³/mol. The maximum Gasteiger partial charge on any atom is 0.321 e. The average Bonchev–Trinajstić information content (AvgIpc) is 3.46. The van der Waals surface area contributed by atoms with Crippen molar-refractivity contribution in [2.75, 3.05) is 25.0 Å². The number of benzene rings is 2. The summed E-state index contributed by atoms with van der Waals surface area (Å²) in [5.74, 6) is 0.0178. The molecule has 3 aromatic rings. The van der Waals surface area contributed by atoms with E-state index in [1.54, 1.807) is 16.2 Å². The molecular formula is C24H26N4O2S. The maximum absolute atomic E-state index is 13.5. The van der Waals surface area contributed by atoms with Gasteiger partial charge in [0.05, 0.1) is 22.2 Å². The average molecular weight is 435 g/mol. The number of amides is 3. The SMILES string of the molecule is O=C(Nc1ccccc1)N1CCC[C@@H](C(=O)N2CCC[C@@H]2c2nc3ccccc3s2)C1. The van der Waals surface area contributed by atoms with E-state index in [-0.39, 0.29) is 23.9 Å². The maximum atomic E-state index is 13.5. The van der Waals surface area contributed by atoms with Crippen LogP contribution in [0, 0.1) is 5.92 Å². The molecule has 0 aliphatic carbocycles. The molecule has 160 valence electrons. The summed E-state index contributed by atoms with van der Waals surface area (Å²) in [5.41, 5.74) is 1.78. The molecule has 2 atom stereocenters. The highest BCUT2D eigenvalue weighted by molar-refractivity contribution is 7.18. The Kier molecular flexibility index (Phi) is 5.59. The molecule has 1 N–H and O–H groups in total. The minimum Gasteiger partial charge on any atom is -0.333 e. The summed E-state index contributed by atoms with van der Waals surface area (Å²) in [6.45, 7) is 1.93. The standard InChI is InChI=1S/C24H26N4O2S/c29-23(17-8-6-14-27(16-17)24(30)25-18-9-2-1-3-10-18)28-15-7-12-20(28)22-26-19-11-4-5-13-21(19)31-22/h1-5,9-11,13,17,20H,6-8,12,14-16H2,(H,25,30)/t17-,20-/m1/s1. The van der Waals surface area contributed by atoms with Crippen molar-refractivity contribution in [3.63, 3.8) is 0 Å². The number of para-hydroxylation sites is 2. The zero-order valence-electron chi connectivity index (χ0n) is 17.4. The lowest BCUT2D eigenvalue weighted by Gasteiger charge is -2.35. The van der Waals surface area contributed by atoms with Crippen molar-refractivity contribution < 1.29 is 9.59 Å². The zero-order valence-corrected chi connectivity index (χ0v) is 18.2. The number of hydrogen-bond donors (Lipinski definition) is 1. The van der Waals surface area contributed by atoms with Crippen molar-refractivity contribution in [2.24, 2.45) is 5.92 Å². The van der Waals surface area contributed by atoms with Crippen LogP contribution in [-0.4, -0.2) is 46.4 Å². The Labute approximate surface area is 185 Å². The summed E-state index contributed by atoms with van der Waals surface area (Å²) in [7, 11) is 0. The molecule has 3 amide bonds. The van der Waals surface area contributed by atoms with Crippen LogP contribution in [0.3, 0.4) is 0 Å². The monoisotopic (exact) mass is 434 g/mol. The topological polar surface area (TPSA) is 65.5 Å². The molecule has 0 unspecified atom stereocenters. The van der Waals surface area contributed by atoms with E-state index in [4.69, 9.17) is 4.98 Å². The Bertz CT molecular complexity index is 1050. The highest BCUT2D eigenvalue weighted by Gasteiger charge is 2.37. The van der Waals surface area contributed by atoms with Crippen LogP contribution in [-0.2, 0) is 4.79 Å². The Morgan fingerprint density at radius 3 is 2.58 bits per heavy atom. The van der Waals surface area contributed by atoms with Gasteiger partial charge in [0, 0.05) is 25.3 Å². The Morgan fingerprint density at radius 2 is 1.74 bits per heavy atom. The van der Waals surface area contributed by atoms with Gasteiger partial charge in [0.2, 0.25) is 5.91 Å². The van der Waals surface area contributed by atoms with Crippen molar-refractivity contribution in [3.05, 3.63) is 59.6 Å². The van der Waals surface area contributed by atoms with E-state index in [2.05, 4.69) is 11.4 Å². The van der Waals surface area contributed by atoms with Crippen LogP contribution in [0.1, 0.15) is 36.7 Å². The van der Waals surface area contributed by atoms with Crippen LogP contribution < -0.4 is 5.32 Å². The fourth-order valence-corrected chi connectivity index (χ4v) is 5.76. The van der Waals surface area contributed by atoms with Crippen LogP contribution in [0.15, 0.2) is 54.6 Å². The smallest absolute Gasteiger partial charge is 0.321 e. The number of urea groups is 1. The number of likely N-dealkylation sites (tertiary alicyclic amines) is 2. The van der Waals surface area contributed by atoms with Crippen molar-refractivity contribution in [2.45, 2.75) is 31.7 Å². The van der Waals surface area contributed by atoms with Crippen LogP contribution in [0.2, 0.25) is 0 Å². The summed E-state index contributed by atoms with van der Waals surface area (Å²) in [5, 5.41) is 3.97. The minimum absolute atomic E-state index is 0.0541. The highest BCUT2D eigenvalue weighted by Crippen LogP contribution is 2.38. The normalized spacial score (nSPS) is 21.4. The first-order valence-corrected chi connectivity index (χ1v) is 11.8. The Hall–Kier alpha value is -2.93. The molecule has 0 bridgehead atoms. The molecule has 2 aromatic carbocycles. The van der Waals surface area contributed by atoms with Crippen LogP contribution in [0.5, 0.6) is 0 Å². The second-order valence-corrected chi connectivity index (χ2v) is 9.35. The van der Waals surface area contributed by atoms with Crippen LogP contribution >= 0.6 is 11.3 Å². The predicted octanol–water partition coefficient (Wildman–Crippen LogP) is 4.90. The van der Waals surface area contributed by atoms with Gasteiger partial charge in [-0.15, -0.1) is 11.3 Å². The molecule has 0 saturated carbocycles. The quantitative estimate of drug-likeness (QED) is 0.637. The molecule has 2 fully saturated rings. The molecule has 31 heavy (non-hydrogen) atoms. The number of carbonyl (C=O) groups excluding carboxylic acids is 2. The van der Waals surface area contributed by atoms with Gasteiger partial charge in [-0.3, -0.25) is 4.79 Å². The van der Waals surface area contributed by atoms with Crippen molar-refractivity contribution in [1.29, 1.82) is 0 Å². The lowest BCUT2D eigenvalue weighted by atomic mass is 9.96. The van der Waals surface area contributed by atoms with Gasteiger partial charge >= 0.3 is 6.03 Å². The third kappa shape index (κ3) is 4.14. The van der Waals surface area contributed by atoms with Crippen LogP contribution in [0.4, 0.5) is 10.5 Å². The first kappa shape index (κ1) is 20.0. The number of aromatic nitrogens is 1. The number of anilines is 1. The minimum atomic E-state index is -0.148. The number of thiazole rings is 1. The molecule has 6 nitrogen and oxygen atoms in total. The number of rotatable bonds is 3. The van der Waals surface area contributed by atoms with E-state index in [1.807, 2.05) is 53.4 Å². The van der Waals surface area contributed by atoms with Gasteiger partial charge < -0.3 is 15.1 Å². The van der Waals surface area contributed by atoms with Gasteiger partial charge in [0.1, 0.15) is 5.01 Å². The van der Waals surface area contributed by atoms with E-state index >= 15 is 0 Å². The molecule has 0 spiro atoms. The number of nitrogens with one attached hydrogen (secondary N) is 1. The number of fused-ring (bicyclic) bond motifs is 1. The summed E-state index contributed by atoms with van der Waals surface area (Å²) in [4.78, 5) is 34.8. The largest absolute Gasteiger partial charge is 0.333 e. The summed E-state index contributed by atoms with van der Waals surface area (Å²) < 4.78 is 1.17. The van der Waals surface area contributed by atoms with E-state index in [0.29, 0.717) is 13.1 Å². The third-order valence-corrected chi connectivity index (χ3v) is 7.35.